The van der Waals surface area contributed by atoms with Gasteiger partial charge < -0.3 is 23.1 Å². The van der Waals surface area contributed by atoms with Gasteiger partial charge in [0.25, 0.3) is 5.97 Å². The van der Waals surface area contributed by atoms with Crippen molar-refractivity contribution in [1.29, 1.82) is 0 Å². The molecule has 0 rings (SSSR count). The second-order valence-electron chi connectivity index (χ2n) is 1.24. The fraction of sp³-hybridized carbons (Fsp3) is 0.750. The van der Waals surface area contributed by atoms with Crippen molar-refractivity contribution in [3.63, 3.8) is 0 Å². The Morgan fingerprint density at radius 1 is 1.89 bits per heavy atom. The first-order valence-corrected chi connectivity index (χ1v) is 2.67. The maximum atomic E-state index is 10.3. The first kappa shape index (κ1) is 12.1. The van der Waals surface area contributed by atoms with Crippen LogP contribution in [-0.4, -0.2) is 24.9 Å². The summed E-state index contributed by atoms with van der Waals surface area (Å²) in [5, 5.41) is 0. The Labute approximate surface area is 72.5 Å². The molecule has 0 fully saturated rings. The van der Waals surface area contributed by atoms with Crippen molar-refractivity contribution >= 4 is 18.6 Å². The van der Waals surface area contributed by atoms with Crippen molar-refractivity contribution < 1.29 is 29.0 Å². The number of carbonyl (C=O) groups excluding carboxylic acids is 1. The number of nitrogens with one attached hydrogen (secondary N) is 1. The second-order valence-corrected chi connectivity index (χ2v) is 1.58. The maximum absolute atomic E-state index is 10.3. The molecule has 9 heavy (non-hydrogen) atoms. The van der Waals surface area contributed by atoms with Crippen LogP contribution >= 0.6 is 0 Å². The molecule has 0 aromatic rings. The zero-order chi connectivity index (χ0) is 6.57. The Kier molecular flexibility index (Phi) is 8.78. The predicted octanol–water partition coefficient (Wildman–Crippen LogP) is 0.125. The molecule has 1 atom stereocenters. The van der Waals surface area contributed by atoms with E-state index in [1.165, 1.54) is 7.11 Å². The van der Waals surface area contributed by atoms with Crippen LogP contribution in [0.2, 0.25) is 0 Å². The molecular weight excluding hydrogens is 192 g/mol. The largest absolute Gasteiger partial charge is 2.00 e. The fourth-order valence-electron chi connectivity index (χ4n) is 0.210. The average Bonchev–Trinajstić information content (AvgIpc) is 1.84. The van der Waals surface area contributed by atoms with E-state index in [9.17, 15) is 4.79 Å². The van der Waals surface area contributed by atoms with Crippen LogP contribution in [0, 0.1) is 0 Å². The summed E-state index contributed by atoms with van der Waals surface area (Å²) in [6.45, 7) is 0. The van der Waals surface area contributed by atoms with E-state index in [0.717, 1.165) is 0 Å². The molecule has 0 radical (unpaired) electrons. The quantitative estimate of drug-likeness (QED) is 0.360. The average molecular weight is 199 g/mol. The minimum absolute atomic E-state index is 0. The molecule has 0 saturated heterocycles. The molecule has 0 heterocycles. The number of hydrogen-bond donors (Lipinski definition) is 0. The van der Waals surface area contributed by atoms with Crippen molar-refractivity contribution in [1.82, 2.24) is 0 Å². The normalized spacial score (nSPS) is 11.4. The summed E-state index contributed by atoms with van der Waals surface area (Å²) < 4.78 is 4.21. The second kappa shape index (κ2) is 6.52. The van der Waals surface area contributed by atoms with E-state index in [1.54, 1.807) is 0 Å². The van der Waals surface area contributed by atoms with Gasteiger partial charge in [0.05, 0.1) is 7.11 Å². The van der Waals surface area contributed by atoms with Crippen LogP contribution in [0.1, 0.15) is 0 Å². The van der Waals surface area contributed by atoms with Gasteiger partial charge in [-0.15, -0.1) is 0 Å². The summed E-state index contributed by atoms with van der Waals surface area (Å²) in [5.41, 5.74) is 6.85. The van der Waals surface area contributed by atoms with Gasteiger partial charge in [-0.05, 0) is 0 Å². The minimum atomic E-state index is -0.880. The first-order valence-electron chi connectivity index (χ1n) is 2.09. The van der Waals surface area contributed by atoms with Crippen molar-refractivity contribution in [2.45, 2.75) is 6.04 Å². The van der Waals surface area contributed by atoms with Crippen LogP contribution in [0.5, 0.6) is 0 Å². The molecule has 0 aliphatic heterocycles. The Morgan fingerprint density at radius 3 is 2.44 bits per heavy atom. The van der Waals surface area contributed by atoms with Gasteiger partial charge in [0.2, 0.25) is 0 Å². The molecule has 48 valence electrons. The van der Waals surface area contributed by atoms with E-state index in [2.05, 4.69) is 17.4 Å². The molecule has 0 aliphatic rings. The number of esters is 1. The molecule has 5 heteroatoms. The molecule has 0 amide bonds. The number of carbonyl (C=O) groups is 1. The van der Waals surface area contributed by atoms with E-state index in [4.69, 9.17) is 5.73 Å². The van der Waals surface area contributed by atoms with Gasteiger partial charge in [-0.1, -0.05) is 6.04 Å². The van der Waals surface area contributed by atoms with E-state index in [1.807, 2.05) is 0 Å². The topological polar surface area (TPSA) is 50.1 Å². The van der Waals surface area contributed by atoms with Gasteiger partial charge in [-0.3, -0.25) is 4.79 Å². The van der Waals surface area contributed by atoms with Crippen molar-refractivity contribution in [3.05, 3.63) is 5.73 Å². The SMILES string of the molecule is COC(=O)C([NH-])C[S-].[Zn+2]. The van der Waals surface area contributed by atoms with Gasteiger partial charge in [0.15, 0.2) is 0 Å². The van der Waals surface area contributed by atoms with Crippen molar-refractivity contribution in [2.75, 3.05) is 12.9 Å². The Balaban J connectivity index is 0. The maximum Gasteiger partial charge on any atom is 2.00 e. The van der Waals surface area contributed by atoms with Crippen LogP contribution in [0.25, 0.3) is 5.73 Å². The van der Waals surface area contributed by atoms with Gasteiger partial charge >= 0.3 is 19.5 Å². The first-order chi connectivity index (χ1) is 3.72. The smallest absolute Gasteiger partial charge is 0.793 e. The van der Waals surface area contributed by atoms with Crippen LogP contribution in [0.4, 0.5) is 0 Å². The number of methoxy groups -OCH3 is 1. The standard InChI is InChI=1S/C4H8NO2S.Zn/c1-7-4(6)3(5)2-8;/h3,5,8H,2H2,1H3;/q-1;+2/p-1. The molecule has 0 bridgehead atoms. The van der Waals surface area contributed by atoms with Crippen molar-refractivity contribution in [3.8, 4) is 0 Å². The summed E-state index contributed by atoms with van der Waals surface area (Å²) in [7, 11) is 1.24. The molecule has 3 nitrogen and oxygen atoms in total. The number of hydrogen-bond acceptors (Lipinski definition) is 3. The summed E-state index contributed by atoms with van der Waals surface area (Å²) in [6.07, 6.45) is 0. The fourth-order valence-corrected chi connectivity index (χ4v) is 0.346. The zero-order valence-electron chi connectivity index (χ0n) is 5.22. The molecule has 0 spiro atoms. The number of ether oxygens (including phenoxy) is 1. The van der Waals surface area contributed by atoms with Crippen LogP contribution in [-0.2, 0) is 41.6 Å². The Bertz CT molecular complexity index is 90.6. The van der Waals surface area contributed by atoms with Gasteiger partial charge in [0.1, 0.15) is 0 Å². The Hall–Kier alpha value is 0.403. The molecule has 0 saturated carbocycles. The molecule has 0 aromatic heterocycles. The van der Waals surface area contributed by atoms with Crippen LogP contribution < -0.4 is 0 Å². The van der Waals surface area contributed by atoms with E-state index < -0.39 is 12.0 Å². The predicted molar refractivity (Wildman–Crippen MR) is 32.4 cm³/mol. The van der Waals surface area contributed by atoms with Gasteiger partial charge in [-0.2, -0.15) is 5.75 Å². The minimum Gasteiger partial charge on any atom is -0.793 e. The van der Waals surface area contributed by atoms with Gasteiger partial charge in [-0.25, -0.2) is 0 Å². The number of rotatable bonds is 2. The van der Waals surface area contributed by atoms with E-state index >= 15 is 0 Å². The van der Waals surface area contributed by atoms with E-state index in [-0.39, 0.29) is 25.2 Å². The molecule has 1 N–H and O–H groups in total. The summed E-state index contributed by atoms with van der Waals surface area (Å²) in [5.74, 6) is -0.452. The molecule has 0 aliphatic carbocycles. The Morgan fingerprint density at radius 2 is 2.33 bits per heavy atom. The zero-order valence-corrected chi connectivity index (χ0v) is 9.00. The summed E-state index contributed by atoms with van der Waals surface area (Å²) >= 11 is 4.43. The summed E-state index contributed by atoms with van der Waals surface area (Å²) in [4.78, 5) is 10.3. The summed E-state index contributed by atoms with van der Waals surface area (Å²) in [6, 6.07) is -0.880. The monoisotopic (exact) mass is 197 g/mol. The van der Waals surface area contributed by atoms with Crippen molar-refractivity contribution in [2.24, 2.45) is 0 Å². The molecular formula is C4H7NO2SZn. The third-order valence-electron chi connectivity index (χ3n) is 0.652. The van der Waals surface area contributed by atoms with E-state index in [0.29, 0.717) is 0 Å². The third-order valence-corrected chi connectivity index (χ3v) is 0.986. The van der Waals surface area contributed by atoms with Crippen LogP contribution in [0.15, 0.2) is 0 Å². The molecule has 1 unspecified atom stereocenters. The van der Waals surface area contributed by atoms with Gasteiger partial charge in [0, 0.05) is 0 Å². The third kappa shape index (κ3) is 4.88. The van der Waals surface area contributed by atoms with Crippen LogP contribution in [0.3, 0.4) is 0 Å². The molecule has 0 aromatic carbocycles.